The van der Waals surface area contributed by atoms with Crippen LogP contribution in [-0.2, 0) is 11.3 Å². The molecule has 5 heteroatoms. The minimum absolute atomic E-state index is 0.0795. The van der Waals surface area contributed by atoms with Crippen LogP contribution in [0, 0.1) is 13.8 Å². The van der Waals surface area contributed by atoms with Crippen molar-refractivity contribution >= 4 is 17.7 Å². The highest BCUT2D eigenvalue weighted by atomic mass is 32.2. The summed E-state index contributed by atoms with van der Waals surface area (Å²) in [5.41, 5.74) is 2.35. The molecule has 1 aromatic heterocycles. The Kier molecular flexibility index (Phi) is 4.32. The van der Waals surface area contributed by atoms with E-state index in [1.54, 1.807) is 0 Å². The Labute approximate surface area is 112 Å². The van der Waals surface area contributed by atoms with Crippen LogP contribution >= 0.6 is 11.8 Å². The molecule has 1 aromatic rings. The standard InChI is InChI=1S/C13H20N2O2S/c1-4-6-15-10(3)12(9(2)14-15)13(16)17-11-5-7-18-8-11/h11H,4-8H2,1-3H3. The second-order valence-corrected chi connectivity index (χ2v) is 5.81. The smallest absolute Gasteiger partial charge is 0.342 e. The number of carbonyl (C=O) groups is 1. The molecule has 0 aliphatic carbocycles. The first-order valence-corrected chi connectivity index (χ1v) is 7.61. The maximum Gasteiger partial charge on any atom is 0.342 e. The topological polar surface area (TPSA) is 44.1 Å². The molecule has 1 aliphatic rings. The minimum atomic E-state index is -0.208. The number of nitrogens with zero attached hydrogens (tertiary/aromatic N) is 2. The normalized spacial score (nSPS) is 19.2. The number of aromatic nitrogens is 2. The molecular weight excluding hydrogens is 248 g/mol. The summed E-state index contributed by atoms with van der Waals surface area (Å²) in [6.45, 7) is 6.76. The van der Waals surface area contributed by atoms with Gasteiger partial charge in [0, 0.05) is 12.3 Å². The van der Waals surface area contributed by atoms with Crippen molar-refractivity contribution in [2.75, 3.05) is 11.5 Å². The zero-order valence-corrected chi connectivity index (χ0v) is 12.0. The fraction of sp³-hybridized carbons (Fsp3) is 0.692. The number of carbonyl (C=O) groups excluding carboxylic acids is 1. The van der Waals surface area contributed by atoms with Crippen LogP contribution < -0.4 is 0 Å². The molecule has 0 saturated carbocycles. The largest absolute Gasteiger partial charge is 0.458 e. The molecule has 100 valence electrons. The molecular formula is C13H20N2O2S. The Morgan fingerprint density at radius 2 is 2.33 bits per heavy atom. The van der Waals surface area contributed by atoms with E-state index in [0.29, 0.717) is 5.56 Å². The number of hydrogen-bond donors (Lipinski definition) is 0. The summed E-state index contributed by atoms with van der Waals surface area (Å²) in [6.07, 6.45) is 2.06. The van der Waals surface area contributed by atoms with Crippen LogP contribution in [0.4, 0.5) is 0 Å². The predicted octanol–water partition coefficient (Wildman–Crippen LogP) is 2.57. The van der Waals surface area contributed by atoms with Crippen molar-refractivity contribution in [3.8, 4) is 0 Å². The van der Waals surface area contributed by atoms with E-state index in [0.717, 1.165) is 42.3 Å². The quantitative estimate of drug-likeness (QED) is 0.787. The molecule has 0 aromatic carbocycles. The number of ether oxygens (including phenoxy) is 1. The first kappa shape index (κ1) is 13.5. The van der Waals surface area contributed by atoms with Crippen LogP contribution in [-0.4, -0.2) is 33.4 Å². The zero-order chi connectivity index (χ0) is 13.1. The maximum absolute atomic E-state index is 12.2. The SMILES string of the molecule is CCCn1nc(C)c(C(=O)OC2CCSC2)c1C. The van der Waals surface area contributed by atoms with Crippen molar-refractivity contribution < 1.29 is 9.53 Å². The van der Waals surface area contributed by atoms with Crippen molar-refractivity contribution in [1.82, 2.24) is 9.78 Å². The van der Waals surface area contributed by atoms with Gasteiger partial charge in [0.05, 0.1) is 11.4 Å². The number of esters is 1. The highest BCUT2D eigenvalue weighted by Crippen LogP contribution is 2.23. The van der Waals surface area contributed by atoms with Crippen LogP contribution in [0.1, 0.15) is 41.5 Å². The summed E-state index contributed by atoms with van der Waals surface area (Å²) >= 11 is 1.84. The van der Waals surface area contributed by atoms with Crippen molar-refractivity contribution in [1.29, 1.82) is 0 Å². The molecule has 0 N–H and O–H groups in total. The third kappa shape index (κ3) is 2.71. The average Bonchev–Trinajstić information content (AvgIpc) is 2.89. The Morgan fingerprint density at radius 1 is 1.56 bits per heavy atom. The molecule has 1 fully saturated rings. The molecule has 4 nitrogen and oxygen atoms in total. The van der Waals surface area contributed by atoms with Crippen LogP contribution in [0.15, 0.2) is 0 Å². The molecule has 0 radical (unpaired) electrons. The van der Waals surface area contributed by atoms with Gasteiger partial charge in [-0.15, -0.1) is 0 Å². The lowest BCUT2D eigenvalue weighted by Crippen LogP contribution is -2.18. The summed E-state index contributed by atoms with van der Waals surface area (Å²) < 4.78 is 7.44. The molecule has 1 aliphatic heterocycles. The first-order chi connectivity index (χ1) is 8.63. The van der Waals surface area contributed by atoms with E-state index in [-0.39, 0.29) is 12.1 Å². The van der Waals surface area contributed by atoms with Gasteiger partial charge in [-0.25, -0.2) is 4.79 Å². The van der Waals surface area contributed by atoms with E-state index in [4.69, 9.17) is 4.74 Å². The van der Waals surface area contributed by atoms with Gasteiger partial charge in [0.2, 0.25) is 0 Å². The van der Waals surface area contributed by atoms with Gasteiger partial charge >= 0.3 is 5.97 Å². The summed E-state index contributed by atoms with van der Waals surface area (Å²) in [4.78, 5) is 12.2. The van der Waals surface area contributed by atoms with E-state index < -0.39 is 0 Å². The Bertz CT molecular complexity index is 436. The van der Waals surface area contributed by atoms with Crippen LogP contribution in [0.5, 0.6) is 0 Å². The van der Waals surface area contributed by atoms with Crippen molar-refractivity contribution in [2.24, 2.45) is 0 Å². The number of thioether (sulfide) groups is 1. The number of rotatable bonds is 4. The molecule has 2 rings (SSSR count). The van der Waals surface area contributed by atoms with Crippen molar-refractivity contribution in [3.63, 3.8) is 0 Å². The third-order valence-corrected chi connectivity index (χ3v) is 4.31. The van der Waals surface area contributed by atoms with E-state index in [1.165, 1.54) is 0 Å². The van der Waals surface area contributed by atoms with Gasteiger partial charge in [-0.1, -0.05) is 6.92 Å². The highest BCUT2D eigenvalue weighted by molar-refractivity contribution is 7.99. The molecule has 18 heavy (non-hydrogen) atoms. The highest BCUT2D eigenvalue weighted by Gasteiger charge is 2.25. The fourth-order valence-electron chi connectivity index (χ4n) is 2.24. The minimum Gasteiger partial charge on any atom is -0.458 e. The Morgan fingerprint density at radius 3 is 2.94 bits per heavy atom. The molecule has 2 heterocycles. The predicted molar refractivity (Wildman–Crippen MR) is 73.1 cm³/mol. The fourth-order valence-corrected chi connectivity index (χ4v) is 3.33. The van der Waals surface area contributed by atoms with Gasteiger partial charge in [0.15, 0.2) is 0 Å². The van der Waals surface area contributed by atoms with Gasteiger partial charge < -0.3 is 4.74 Å². The molecule has 0 bridgehead atoms. The number of aryl methyl sites for hydroxylation is 2. The van der Waals surface area contributed by atoms with E-state index in [2.05, 4.69) is 12.0 Å². The van der Waals surface area contributed by atoms with Gasteiger partial charge in [0.1, 0.15) is 11.7 Å². The Balaban J connectivity index is 2.13. The summed E-state index contributed by atoms with van der Waals surface area (Å²) in [5.74, 6) is 1.80. The third-order valence-electron chi connectivity index (χ3n) is 3.18. The lowest BCUT2D eigenvalue weighted by molar-refractivity contribution is 0.0355. The second-order valence-electron chi connectivity index (χ2n) is 4.66. The average molecular weight is 268 g/mol. The lowest BCUT2D eigenvalue weighted by Gasteiger charge is -2.10. The van der Waals surface area contributed by atoms with E-state index in [9.17, 15) is 4.79 Å². The molecule has 1 saturated heterocycles. The van der Waals surface area contributed by atoms with Crippen molar-refractivity contribution in [3.05, 3.63) is 17.0 Å². The van der Waals surface area contributed by atoms with Gasteiger partial charge in [-0.3, -0.25) is 4.68 Å². The van der Waals surface area contributed by atoms with Gasteiger partial charge in [0.25, 0.3) is 0 Å². The van der Waals surface area contributed by atoms with Crippen molar-refractivity contribution in [2.45, 2.75) is 46.3 Å². The van der Waals surface area contributed by atoms with E-state index in [1.807, 2.05) is 30.3 Å². The van der Waals surface area contributed by atoms with Crippen LogP contribution in [0.25, 0.3) is 0 Å². The van der Waals surface area contributed by atoms with E-state index >= 15 is 0 Å². The summed E-state index contributed by atoms with van der Waals surface area (Å²) in [7, 11) is 0. The molecule has 0 spiro atoms. The maximum atomic E-state index is 12.2. The second kappa shape index (κ2) is 5.78. The van der Waals surface area contributed by atoms with Gasteiger partial charge in [-0.05, 0) is 32.4 Å². The van der Waals surface area contributed by atoms with Crippen LogP contribution in [0.2, 0.25) is 0 Å². The number of hydrogen-bond acceptors (Lipinski definition) is 4. The summed E-state index contributed by atoms with van der Waals surface area (Å²) in [5, 5.41) is 4.41. The monoisotopic (exact) mass is 268 g/mol. The summed E-state index contributed by atoms with van der Waals surface area (Å²) in [6, 6.07) is 0. The first-order valence-electron chi connectivity index (χ1n) is 6.46. The van der Waals surface area contributed by atoms with Gasteiger partial charge in [-0.2, -0.15) is 16.9 Å². The molecule has 0 amide bonds. The van der Waals surface area contributed by atoms with Crippen LogP contribution in [0.3, 0.4) is 0 Å². The molecule has 1 atom stereocenters. The zero-order valence-electron chi connectivity index (χ0n) is 11.2. The lowest BCUT2D eigenvalue weighted by atomic mass is 10.2. The Hall–Kier alpha value is -0.970. The molecule has 1 unspecified atom stereocenters.